The van der Waals surface area contributed by atoms with Gasteiger partial charge in [-0.1, -0.05) is 15.9 Å². The molecule has 70 valence electrons. The average molecular weight is 241 g/mol. The van der Waals surface area contributed by atoms with Crippen LogP contribution in [0.1, 0.15) is 23.1 Å². The zero-order chi connectivity index (χ0) is 9.26. The SMILES string of the molecule is OCCc1cc(Br)cc2c1CCC2. The summed E-state index contributed by atoms with van der Waals surface area (Å²) in [6, 6.07) is 4.35. The van der Waals surface area contributed by atoms with Gasteiger partial charge in [-0.3, -0.25) is 0 Å². The maximum absolute atomic E-state index is 8.93. The molecule has 0 heterocycles. The van der Waals surface area contributed by atoms with E-state index in [1.54, 1.807) is 0 Å². The van der Waals surface area contributed by atoms with Gasteiger partial charge >= 0.3 is 0 Å². The van der Waals surface area contributed by atoms with Crippen LogP contribution in [-0.4, -0.2) is 11.7 Å². The lowest BCUT2D eigenvalue weighted by Crippen LogP contribution is -1.97. The van der Waals surface area contributed by atoms with E-state index in [1.165, 1.54) is 36.0 Å². The zero-order valence-electron chi connectivity index (χ0n) is 7.52. The van der Waals surface area contributed by atoms with E-state index in [0.717, 1.165) is 10.9 Å². The first-order valence-electron chi connectivity index (χ1n) is 4.72. The molecule has 0 unspecified atom stereocenters. The number of rotatable bonds is 2. The van der Waals surface area contributed by atoms with E-state index < -0.39 is 0 Å². The molecule has 0 amide bonds. The molecule has 0 aliphatic heterocycles. The highest BCUT2D eigenvalue weighted by atomic mass is 79.9. The molecule has 0 saturated carbocycles. The number of aliphatic hydroxyl groups is 1. The zero-order valence-corrected chi connectivity index (χ0v) is 9.10. The van der Waals surface area contributed by atoms with E-state index in [4.69, 9.17) is 5.11 Å². The van der Waals surface area contributed by atoms with Gasteiger partial charge in [0.15, 0.2) is 0 Å². The second-order valence-corrected chi connectivity index (χ2v) is 4.45. The van der Waals surface area contributed by atoms with Gasteiger partial charge in [-0.2, -0.15) is 0 Å². The maximum atomic E-state index is 8.93. The fourth-order valence-corrected chi connectivity index (χ4v) is 2.65. The lowest BCUT2D eigenvalue weighted by Gasteiger charge is -2.07. The smallest absolute Gasteiger partial charge is 0.0471 e. The van der Waals surface area contributed by atoms with E-state index >= 15 is 0 Å². The first-order valence-corrected chi connectivity index (χ1v) is 5.51. The van der Waals surface area contributed by atoms with Gasteiger partial charge in [0, 0.05) is 11.1 Å². The van der Waals surface area contributed by atoms with Gasteiger partial charge in [-0.25, -0.2) is 0 Å². The van der Waals surface area contributed by atoms with E-state index in [2.05, 4.69) is 28.1 Å². The van der Waals surface area contributed by atoms with Crippen molar-refractivity contribution in [3.05, 3.63) is 33.3 Å². The van der Waals surface area contributed by atoms with Crippen molar-refractivity contribution >= 4 is 15.9 Å². The number of aliphatic hydroxyl groups excluding tert-OH is 1. The summed E-state index contributed by atoms with van der Waals surface area (Å²) in [5, 5.41) is 8.93. The number of hydrogen-bond acceptors (Lipinski definition) is 1. The Bertz CT molecular complexity index is 320. The Labute approximate surface area is 86.9 Å². The molecule has 0 saturated heterocycles. The molecule has 0 aromatic heterocycles. The summed E-state index contributed by atoms with van der Waals surface area (Å²) in [7, 11) is 0. The first kappa shape index (κ1) is 9.22. The van der Waals surface area contributed by atoms with Crippen molar-refractivity contribution in [3.63, 3.8) is 0 Å². The molecule has 1 N–H and O–H groups in total. The Hall–Kier alpha value is -0.340. The molecule has 0 fully saturated rings. The standard InChI is InChI=1S/C11H13BrO/c12-10-6-8-2-1-3-11(8)9(7-10)4-5-13/h6-7,13H,1-5H2. The summed E-state index contributed by atoms with van der Waals surface area (Å²) in [6.45, 7) is 0.253. The second kappa shape index (κ2) is 3.81. The normalized spacial score (nSPS) is 14.6. The fourth-order valence-electron chi connectivity index (χ4n) is 2.10. The highest BCUT2D eigenvalue weighted by Crippen LogP contribution is 2.29. The lowest BCUT2D eigenvalue weighted by molar-refractivity contribution is 0.299. The van der Waals surface area contributed by atoms with Crippen molar-refractivity contribution in [1.82, 2.24) is 0 Å². The third kappa shape index (κ3) is 1.79. The Morgan fingerprint density at radius 3 is 2.92 bits per heavy atom. The number of fused-ring (bicyclic) bond motifs is 1. The number of aryl methyl sites for hydroxylation is 1. The minimum atomic E-state index is 0.253. The summed E-state index contributed by atoms with van der Waals surface area (Å²) in [6.07, 6.45) is 4.46. The highest BCUT2D eigenvalue weighted by Gasteiger charge is 2.14. The number of benzene rings is 1. The van der Waals surface area contributed by atoms with Crippen molar-refractivity contribution < 1.29 is 5.11 Å². The van der Waals surface area contributed by atoms with Gasteiger partial charge in [0.25, 0.3) is 0 Å². The molecule has 1 aromatic carbocycles. The average Bonchev–Trinajstić information content (AvgIpc) is 2.52. The van der Waals surface area contributed by atoms with E-state index in [9.17, 15) is 0 Å². The fraction of sp³-hybridized carbons (Fsp3) is 0.455. The number of hydrogen-bond donors (Lipinski definition) is 1. The molecule has 1 aliphatic rings. The maximum Gasteiger partial charge on any atom is 0.0471 e. The predicted molar refractivity (Wildman–Crippen MR) is 57.0 cm³/mol. The largest absolute Gasteiger partial charge is 0.396 e. The van der Waals surface area contributed by atoms with E-state index in [-0.39, 0.29) is 6.61 Å². The molecule has 0 radical (unpaired) electrons. The Kier molecular flexibility index (Phi) is 2.70. The quantitative estimate of drug-likeness (QED) is 0.843. The van der Waals surface area contributed by atoms with Gasteiger partial charge in [0.2, 0.25) is 0 Å². The topological polar surface area (TPSA) is 20.2 Å². The van der Waals surface area contributed by atoms with Crippen LogP contribution in [-0.2, 0) is 19.3 Å². The van der Waals surface area contributed by atoms with Crippen LogP contribution in [0.4, 0.5) is 0 Å². The molecule has 2 heteroatoms. The Morgan fingerprint density at radius 1 is 1.31 bits per heavy atom. The van der Waals surface area contributed by atoms with Crippen LogP contribution in [0.25, 0.3) is 0 Å². The van der Waals surface area contributed by atoms with Crippen molar-refractivity contribution in [3.8, 4) is 0 Å². The van der Waals surface area contributed by atoms with Crippen LogP contribution >= 0.6 is 15.9 Å². The van der Waals surface area contributed by atoms with Gasteiger partial charge in [0.1, 0.15) is 0 Å². The molecule has 1 aromatic rings. The summed E-state index contributed by atoms with van der Waals surface area (Å²) in [5.74, 6) is 0. The van der Waals surface area contributed by atoms with Crippen LogP contribution < -0.4 is 0 Å². The predicted octanol–water partition coefficient (Wildman–Crippen LogP) is 2.47. The van der Waals surface area contributed by atoms with Crippen molar-refractivity contribution in [2.45, 2.75) is 25.7 Å². The van der Waals surface area contributed by atoms with Crippen molar-refractivity contribution in [2.75, 3.05) is 6.61 Å². The molecule has 0 bridgehead atoms. The Morgan fingerprint density at radius 2 is 2.15 bits per heavy atom. The second-order valence-electron chi connectivity index (χ2n) is 3.53. The third-order valence-corrected chi connectivity index (χ3v) is 3.11. The van der Waals surface area contributed by atoms with Gasteiger partial charge in [-0.15, -0.1) is 0 Å². The van der Waals surface area contributed by atoms with Gasteiger partial charge in [0.05, 0.1) is 0 Å². The van der Waals surface area contributed by atoms with E-state index in [1.807, 2.05) is 0 Å². The lowest BCUT2D eigenvalue weighted by atomic mass is 10.0. The molecule has 1 nitrogen and oxygen atoms in total. The van der Waals surface area contributed by atoms with Crippen molar-refractivity contribution in [1.29, 1.82) is 0 Å². The Balaban J connectivity index is 2.43. The summed E-state index contributed by atoms with van der Waals surface area (Å²) >= 11 is 3.50. The molecule has 2 rings (SSSR count). The summed E-state index contributed by atoms with van der Waals surface area (Å²) in [5.41, 5.74) is 4.28. The van der Waals surface area contributed by atoms with Gasteiger partial charge in [-0.05, 0) is 54.5 Å². The van der Waals surface area contributed by atoms with Crippen molar-refractivity contribution in [2.24, 2.45) is 0 Å². The minimum Gasteiger partial charge on any atom is -0.396 e. The third-order valence-electron chi connectivity index (χ3n) is 2.65. The summed E-state index contributed by atoms with van der Waals surface area (Å²) in [4.78, 5) is 0. The molecule has 0 atom stereocenters. The molecular weight excluding hydrogens is 228 g/mol. The monoisotopic (exact) mass is 240 g/mol. The first-order chi connectivity index (χ1) is 6.31. The molecule has 1 aliphatic carbocycles. The van der Waals surface area contributed by atoms with Crippen LogP contribution in [0.15, 0.2) is 16.6 Å². The van der Waals surface area contributed by atoms with Crippen LogP contribution in [0, 0.1) is 0 Å². The summed E-state index contributed by atoms with van der Waals surface area (Å²) < 4.78 is 1.15. The van der Waals surface area contributed by atoms with E-state index in [0.29, 0.717) is 0 Å². The molecule has 0 spiro atoms. The molecular formula is C11H13BrO. The molecule has 13 heavy (non-hydrogen) atoms. The minimum absolute atomic E-state index is 0.253. The highest BCUT2D eigenvalue weighted by molar-refractivity contribution is 9.10. The van der Waals surface area contributed by atoms with Crippen LogP contribution in [0.5, 0.6) is 0 Å². The number of halogens is 1. The van der Waals surface area contributed by atoms with Gasteiger partial charge < -0.3 is 5.11 Å². The van der Waals surface area contributed by atoms with Crippen LogP contribution in [0.2, 0.25) is 0 Å². The van der Waals surface area contributed by atoms with Crippen LogP contribution in [0.3, 0.4) is 0 Å².